The number of allylic oxidation sites excluding steroid dienone is 1. The second-order valence-corrected chi connectivity index (χ2v) is 3.89. The first-order valence-corrected chi connectivity index (χ1v) is 5.93. The lowest BCUT2D eigenvalue weighted by Crippen LogP contribution is -2.33. The van der Waals surface area contributed by atoms with Gasteiger partial charge >= 0.3 is 5.97 Å². The van der Waals surface area contributed by atoms with Gasteiger partial charge in [0.25, 0.3) is 11.8 Å². The fourth-order valence-electron chi connectivity index (χ4n) is 1.95. The van der Waals surface area contributed by atoms with Crippen LogP contribution in [0.25, 0.3) is 0 Å². The van der Waals surface area contributed by atoms with E-state index in [1.54, 1.807) is 38.1 Å². The third-order valence-electron chi connectivity index (χ3n) is 2.79. The van der Waals surface area contributed by atoms with Gasteiger partial charge in [-0.25, -0.2) is 9.69 Å². The number of carbonyl (C=O) groups is 3. The number of hydrogen-bond acceptors (Lipinski definition) is 4. The Kier molecular flexibility index (Phi) is 3.46. The number of fused-ring (bicyclic) bond motifs is 1. The number of imide groups is 1. The third-order valence-corrected chi connectivity index (χ3v) is 2.79. The number of amides is 2. The molecule has 19 heavy (non-hydrogen) atoms. The van der Waals surface area contributed by atoms with Crippen LogP contribution in [0, 0.1) is 0 Å². The normalized spacial score (nSPS) is 14.6. The lowest BCUT2D eigenvalue weighted by atomic mass is 10.1. The molecule has 1 aromatic carbocycles. The van der Waals surface area contributed by atoms with Gasteiger partial charge in [0, 0.05) is 0 Å². The molecule has 0 atom stereocenters. The molecule has 1 aliphatic rings. The molecule has 98 valence electrons. The molecule has 1 aliphatic heterocycles. The fourth-order valence-corrected chi connectivity index (χ4v) is 1.95. The van der Waals surface area contributed by atoms with Crippen molar-refractivity contribution >= 4 is 17.8 Å². The lowest BCUT2D eigenvalue weighted by Gasteiger charge is -2.16. The molecular formula is C14H13NO4. The van der Waals surface area contributed by atoms with E-state index in [0.29, 0.717) is 11.1 Å². The Hall–Kier alpha value is -2.43. The Balaban J connectivity index is 2.41. The number of benzene rings is 1. The number of ether oxygens (including phenoxy) is 1. The van der Waals surface area contributed by atoms with Crippen molar-refractivity contribution in [2.75, 3.05) is 6.61 Å². The minimum absolute atomic E-state index is 0.0481. The molecule has 0 unspecified atom stereocenters. The zero-order chi connectivity index (χ0) is 14.0. The van der Waals surface area contributed by atoms with Gasteiger partial charge in [-0.3, -0.25) is 9.59 Å². The van der Waals surface area contributed by atoms with E-state index in [4.69, 9.17) is 4.74 Å². The molecule has 0 aliphatic carbocycles. The van der Waals surface area contributed by atoms with Crippen LogP contribution in [0.5, 0.6) is 0 Å². The standard InChI is InChI=1S/C14H13NO4/c1-3-11(14(18)19-4-2)15-12(16)9-7-5-6-8-10(9)13(15)17/h3,5-8H,4H2,1-2H3/b11-3-. The van der Waals surface area contributed by atoms with Crippen molar-refractivity contribution in [1.29, 1.82) is 0 Å². The Bertz CT molecular complexity index is 554. The largest absolute Gasteiger partial charge is 0.461 e. The predicted molar refractivity (Wildman–Crippen MR) is 67.3 cm³/mol. The minimum atomic E-state index is -0.681. The highest BCUT2D eigenvalue weighted by Crippen LogP contribution is 2.26. The molecule has 0 saturated heterocycles. The van der Waals surface area contributed by atoms with Crippen LogP contribution in [0.1, 0.15) is 34.6 Å². The quantitative estimate of drug-likeness (QED) is 0.471. The molecule has 1 heterocycles. The predicted octanol–water partition coefficient (Wildman–Crippen LogP) is 1.75. The summed E-state index contributed by atoms with van der Waals surface area (Å²) in [5.41, 5.74) is 0.556. The Morgan fingerprint density at radius 3 is 2.16 bits per heavy atom. The van der Waals surface area contributed by atoms with E-state index in [0.717, 1.165) is 4.90 Å². The van der Waals surface area contributed by atoms with Crippen molar-refractivity contribution in [3.8, 4) is 0 Å². The molecule has 0 spiro atoms. The maximum Gasteiger partial charge on any atom is 0.355 e. The summed E-state index contributed by atoms with van der Waals surface area (Å²) in [5.74, 6) is -1.68. The van der Waals surface area contributed by atoms with Gasteiger partial charge in [-0.15, -0.1) is 0 Å². The van der Waals surface area contributed by atoms with Gasteiger partial charge < -0.3 is 4.74 Å². The molecule has 2 amide bonds. The summed E-state index contributed by atoms with van der Waals surface area (Å²) >= 11 is 0. The second-order valence-electron chi connectivity index (χ2n) is 3.89. The van der Waals surface area contributed by atoms with Gasteiger partial charge in [-0.2, -0.15) is 0 Å². The van der Waals surface area contributed by atoms with Crippen LogP contribution in [0.2, 0.25) is 0 Å². The Labute approximate surface area is 110 Å². The van der Waals surface area contributed by atoms with E-state index in [-0.39, 0.29) is 12.3 Å². The van der Waals surface area contributed by atoms with Crippen LogP contribution < -0.4 is 0 Å². The van der Waals surface area contributed by atoms with Gasteiger partial charge in [-0.1, -0.05) is 18.2 Å². The van der Waals surface area contributed by atoms with Gasteiger partial charge in [0.05, 0.1) is 17.7 Å². The van der Waals surface area contributed by atoms with Crippen molar-refractivity contribution < 1.29 is 19.1 Å². The first kappa shape index (κ1) is 13.0. The summed E-state index contributed by atoms with van der Waals surface area (Å²) in [7, 11) is 0. The number of rotatable bonds is 3. The molecule has 0 saturated carbocycles. The van der Waals surface area contributed by atoms with Crippen LogP contribution in [0.4, 0.5) is 0 Å². The molecule has 0 aromatic heterocycles. The van der Waals surface area contributed by atoms with Crippen molar-refractivity contribution in [1.82, 2.24) is 4.90 Å². The van der Waals surface area contributed by atoms with Crippen LogP contribution in [0.3, 0.4) is 0 Å². The van der Waals surface area contributed by atoms with Crippen LogP contribution in [0.15, 0.2) is 36.0 Å². The Morgan fingerprint density at radius 1 is 1.21 bits per heavy atom. The highest BCUT2D eigenvalue weighted by atomic mass is 16.5. The van der Waals surface area contributed by atoms with Crippen LogP contribution in [-0.2, 0) is 9.53 Å². The van der Waals surface area contributed by atoms with Crippen LogP contribution >= 0.6 is 0 Å². The zero-order valence-corrected chi connectivity index (χ0v) is 10.7. The molecule has 0 fully saturated rings. The van der Waals surface area contributed by atoms with Gasteiger partial charge in [-0.05, 0) is 26.0 Å². The SMILES string of the molecule is C/C=C(/C(=O)OCC)N1C(=O)c2ccccc2C1=O. The van der Waals surface area contributed by atoms with Gasteiger partial charge in [0.1, 0.15) is 5.70 Å². The van der Waals surface area contributed by atoms with Crippen molar-refractivity contribution in [3.05, 3.63) is 47.2 Å². The minimum Gasteiger partial charge on any atom is -0.461 e. The van der Waals surface area contributed by atoms with E-state index < -0.39 is 17.8 Å². The summed E-state index contributed by atoms with van der Waals surface area (Å²) in [5, 5.41) is 0. The summed E-state index contributed by atoms with van der Waals surface area (Å²) < 4.78 is 4.85. The van der Waals surface area contributed by atoms with Crippen molar-refractivity contribution in [2.45, 2.75) is 13.8 Å². The highest BCUT2D eigenvalue weighted by Gasteiger charge is 2.39. The Morgan fingerprint density at radius 2 is 1.74 bits per heavy atom. The maximum absolute atomic E-state index is 12.2. The molecule has 0 bridgehead atoms. The van der Waals surface area contributed by atoms with Gasteiger partial charge in [0.15, 0.2) is 0 Å². The maximum atomic E-state index is 12.2. The number of nitrogens with zero attached hydrogens (tertiary/aromatic N) is 1. The number of hydrogen-bond donors (Lipinski definition) is 0. The van der Waals surface area contributed by atoms with Crippen LogP contribution in [-0.4, -0.2) is 29.3 Å². The average Bonchev–Trinajstić information content (AvgIpc) is 2.66. The average molecular weight is 259 g/mol. The zero-order valence-electron chi connectivity index (χ0n) is 10.7. The topological polar surface area (TPSA) is 63.7 Å². The van der Waals surface area contributed by atoms with Crippen molar-refractivity contribution in [2.24, 2.45) is 0 Å². The highest BCUT2D eigenvalue weighted by molar-refractivity contribution is 6.24. The number of carbonyl (C=O) groups excluding carboxylic acids is 3. The van der Waals surface area contributed by atoms with E-state index in [1.165, 1.54) is 6.08 Å². The first-order valence-electron chi connectivity index (χ1n) is 5.93. The molecule has 2 rings (SSSR count). The smallest absolute Gasteiger partial charge is 0.355 e. The lowest BCUT2D eigenvalue weighted by molar-refractivity contribution is -0.139. The summed E-state index contributed by atoms with van der Waals surface area (Å²) in [4.78, 5) is 37.0. The summed E-state index contributed by atoms with van der Waals surface area (Å²) in [6.45, 7) is 3.42. The number of esters is 1. The first-order chi connectivity index (χ1) is 9.11. The molecule has 1 aromatic rings. The fraction of sp³-hybridized carbons (Fsp3) is 0.214. The molecule has 5 nitrogen and oxygen atoms in total. The third kappa shape index (κ3) is 2.03. The van der Waals surface area contributed by atoms with E-state index >= 15 is 0 Å². The molecular weight excluding hydrogens is 246 g/mol. The van der Waals surface area contributed by atoms with E-state index in [1.807, 2.05) is 0 Å². The van der Waals surface area contributed by atoms with Gasteiger partial charge in [0.2, 0.25) is 0 Å². The van der Waals surface area contributed by atoms with Crippen molar-refractivity contribution in [3.63, 3.8) is 0 Å². The van der Waals surface area contributed by atoms with E-state index in [2.05, 4.69) is 0 Å². The molecule has 5 heteroatoms. The summed E-state index contributed by atoms with van der Waals surface area (Å²) in [6, 6.07) is 6.47. The second kappa shape index (κ2) is 5.06. The molecule has 0 radical (unpaired) electrons. The summed E-state index contributed by atoms with van der Waals surface area (Å²) in [6.07, 6.45) is 1.40. The monoisotopic (exact) mass is 259 g/mol. The molecule has 0 N–H and O–H groups in total. The van der Waals surface area contributed by atoms with E-state index in [9.17, 15) is 14.4 Å².